The van der Waals surface area contributed by atoms with Crippen molar-refractivity contribution in [3.8, 4) is 0 Å². The molecule has 9 heteroatoms. The van der Waals surface area contributed by atoms with Crippen LogP contribution in [0.3, 0.4) is 0 Å². The standard InChI is InChI=1S/C22H25N5O2S2/c28-20(16-30-21-10-4-5-11-23-21)24-13-19-25-26-22(31-15-18-9-6-12-29-18)27(19)14-17-7-2-1-3-8-17/h1-5,7-8,10-11,18H,6,9,12-16H2,(H,24,28). The predicted molar refractivity (Wildman–Crippen MR) is 122 cm³/mol. The Morgan fingerprint density at radius 2 is 2.00 bits per heavy atom. The molecule has 1 N–H and O–H groups in total. The van der Waals surface area contributed by atoms with Crippen LogP contribution in [0.25, 0.3) is 0 Å². The summed E-state index contributed by atoms with van der Waals surface area (Å²) in [6, 6.07) is 15.9. The van der Waals surface area contributed by atoms with E-state index in [1.54, 1.807) is 18.0 Å². The quantitative estimate of drug-likeness (QED) is 0.469. The van der Waals surface area contributed by atoms with Crippen LogP contribution in [0.15, 0.2) is 64.9 Å². The molecule has 0 radical (unpaired) electrons. The van der Waals surface area contributed by atoms with Gasteiger partial charge in [-0.3, -0.25) is 4.79 Å². The maximum atomic E-state index is 12.3. The van der Waals surface area contributed by atoms with Crippen LogP contribution in [0.5, 0.6) is 0 Å². The maximum Gasteiger partial charge on any atom is 0.230 e. The van der Waals surface area contributed by atoms with Gasteiger partial charge in [0.05, 0.1) is 30.0 Å². The molecule has 1 saturated heterocycles. The second kappa shape index (κ2) is 11.3. The van der Waals surface area contributed by atoms with Gasteiger partial charge in [-0.25, -0.2) is 4.98 Å². The molecule has 0 aliphatic carbocycles. The Balaban J connectivity index is 1.38. The summed E-state index contributed by atoms with van der Waals surface area (Å²) in [4.78, 5) is 16.6. The van der Waals surface area contributed by atoms with Crippen LogP contribution >= 0.6 is 23.5 Å². The van der Waals surface area contributed by atoms with Crippen molar-refractivity contribution in [2.75, 3.05) is 18.1 Å². The van der Waals surface area contributed by atoms with Crippen molar-refractivity contribution in [1.82, 2.24) is 25.1 Å². The van der Waals surface area contributed by atoms with Gasteiger partial charge in [0.15, 0.2) is 11.0 Å². The number of aromatic nitrogens is 4. The molecule has 1 atom stereocenters. The first-order chi connectivity index (χ1) is 15.3. The van der Waals surface area contributed by atoms with E-state index in [1.165, 1.54) is 17.3 Å². The number of ether oxygens (including phenoxy) is 1. The Morgan fingerprint density at radius 3 is 2.77 bits per heavy atom. The van der Waals surface area contributed by atoms with Crippen LogP contribution in [-0.2, 0) is 22.6 Å². The Hall–Kier alpha value is -2.36. The second-order valence-corrected chi connectivity index (χ2v) is 9.13. The third kappa shape index (κ3) is 6.56. The van der Waals surface area contributed by atoms with Gasteiger partial charge in [-0.15, -0.1) is 10.2 Å². The summed E-state index contributed by atoms with van der Waals surface area (Å²) < 4.78 is 7.82. The summed E-state index contributed by atoms with van der Waals surface area (Å²) in [6.07, 6.45) is 4.22. The highest BCUT2D eigenvalue weighted by atomic mass is 32.2. The van der Waals surface area contributed by atoms with E-state index >= 15 is 0 Å². The van der Waals surface area contributed by atoms with Crippen molar-refractivity contribution in [3.63, 3.8) is 0 Å². The number of nitrogens with one attached hydrogen (secondary N) is 1. The highest BCUT2D eigenvalue weighted by Gasteiger charge is 2.19. The fourth-order valence-electron chi connectivity index (χ4n) is 3.23. The molecule has 1 fully saturated rings. The molecule has 31 heavy (non-hydrogen) atoms. The summed E-state index contributed by atoms with van der Waals surface area (Å²) in [7, 11) is 0. The second-order valence-electron chi connectivity index (χ2n) is 7.15. The summed E-state index contributed by atoms with van der Waals surface area (Å²) in [5.74, 6) is 1.86. The number of amides is 1. The molecule has 1 unspecified atom stereocenters. The van der Waals surface area contributed by atoms with Crippen molar-refractivity contribution < 1.29 is 9.53 Å². The van der Waals surface area contributed by atoms with Gasteiger partial charge in [0.25, 0.3) is 0 Å². The van der Waals surface area contributed by atoms with E-state index in [0.717, 1.165) is 41.2 Å². The Labute approximate surface area is 190 Å². The Bertz CT molecular complexity index is 963. The number of carbonyl (C=O) groups is 1. The molecule has 3 aromatic rings. The molecule has 1 amide bonds. The Kier molecular flexibility index (Phi) is 7.98. The highest BCUT2D eigenvalue weighted by molar-refractivity contribution is 8.00. The van der Waals surface area contributed by atoms with Crippen LogP contribution in [-0.4, -0.2) is 49.9 Å². The molecular weight excluding hydrogens is 430 g/mol. The molecule has 0 saturated carbocycles. The predicted octanol–water partition coefficient (Wildman–Crippen LogP) is 3.40. The molecule has 0 spiro atoms. The molecule has 4 rings (SSSR count). The van der Waals surface area contributed by atoms with E-state index < -0.39 is 0 Å². The first kappa shape index (κ1) is 21.9. The van der Waals surface area contributed by atoms with Crippen molar-refractivity contribution in [2.24, 2.45) is 0 Å². The third-order valence-corrected chi connectivity index (χ3v) is 6.87. The minimum Gasteiger partial charge on any atom is -0.377 e. The van der Waals surface area contributed by atoms with Gasteiger partial charge in [0.2, 0.25) is 5.91 Å². The lowest BCUT2D eigenvalue weighted by Crippen LogP contribution is -2.26. The number of pyridine rings is 1. The van der Waals surface area contributed by atoms with Crippen LogP contribution in [0, 0.1) is 0 Å². The van der Waals surface area contributed by atoms with Gasteiger partial charge < -0.3 is 14.6 Å². The van der Waals surface area contributed by atoms with E-state index in [0.29, 0.717) is 18.8 Å². The molecule has 2 aromatic heterocycles. The summed E-state index contributed by atoms with van der Waals surface area (Å²) in [5.41, 5.74) is 1.17. The first-order valence-corrected chi connectivity index (χ1v) is 12.3. The summed E-state index contributed by atoms with van der Waals surface area (Å²) in [5, 5.41) is 13.4. The molecule has 162 valence electrons. The van der Waals surface area contributed by atoms with Gasteiger partial charge in [0.1, 0.15) is 0 Å². The van der Waals surface area contributed by atoms with Gasteiger partial charge in [-0.2, -0.15) is 0 Å². The maximum absolute atomic E-state index is 12.3. The van der Waals surface area contributed by atoms with Crippen molar-refractivity contribution in [2.45, 2.75) is 42.2 Å². The zero-order chi connectivity index (χ0) is 21.3. The number of thioether (sulfide) groups is 2. The molecule has 1 aliphatic heterocycles. The zero-order valence-electron chi connectivity index (χ0n) is 17.1. The Morgan fingerprint density at radius 1 is 1.13 bits per heavy atom. The minimum atomic E-state index is -0.0570. The molecule has 1 aliphatic rings. The third-order valence-electron chi connectivity index (χ3n) is 4.83. The number of carbonyl (C=O) groups excluding carboxylic acids is 1. The van der Waals surface area contributed by atoms with Crippen molar-refractivity contribution in [3.05, 3.63) is 66.1 Å². The molecule has 7 nitrogen and oxygen atoms in total. The highest BCUT2D eigenvalue weighted by Crippen LogP contribution is 2.24. The van der Waals surface area contributed by atoms with E-state index in [-0.39, 0.29) is 12.0 Å². The van der Waals surface area contributed by atoms with Gasteiger partial charge in [-0.05, 0) is 30.5 Å². The van der Waals surface area contributed by atoms with E-state index in [2.05, 4.69) is 37.2 Å². The topological polar surface area (TPSA) is 81.9 Å². The number of nitrogens with zero attached hydrogens (tertiary/aromatic N) is 4. The van der Waals surface area contributed by atoms with Crippen LogP contribution in [0.2, 0.25) is 0 Å². The average Bonchev–Trinajstić information content (AvgIpc) is 3.46. The summed E-state index contributed by atoms with van der Waals surface area (Å²) >= 11 is 3.08. The number of benzene rings is 1. The molecular formula is C22H25N5O2S2. The van der Waals surface area contributed by atoms with Crippen LogP contribution in [0.4, 0.5) is 0 Å². The van der Waals surface area contributed by atoms with Crippen molar-refractivity contribution in [1.29, 1.82) is 0 Å². The molecule has 3 heterocycles. The monoisotopic (exact) mass is 455 g/mol. The van der Waals surface area contributed by atoms with E-state index in [9.17, 15) is 4.79 Å². The lowest BCUT2D eigenvalue weighted by atomic mass is 10.2. The van der Waals surface area contributed by atoms with Gasteiger partial charge in [-0.1, -0.05) is 59.9 Å². The van der Waals surface area contributed by atoms with Gasteiger partial charge >= 0.3 is 0 Å². The first-order valence-electron chi connectivity index (χ1n) is 10.3. The van der Waals surface area contributed by atoms with E-state index in [4.69, 9.17) is 4.74 Å². The van der Waals surface area contributed by atoms with Gasteiger partial charge in [0, 0.05) is 18.6 Å². The van der Waals surface area contributed by atoms with E-state index in [1.807, 2.05) is 36.4 Å². The summed E-state index contributed by atoms with van der Waals surface area (Å²) in [6.45, 7) is 1.84. The van der Waals surface area contributed by atoms with Crippen LogP contribution in [0.1, 0.15) is 24.2 Å². The van der Waals surface area contributed by atoms with Crippen LogP contribution < -0.4 is 5.32 Å². The number of rotatable bonds is 10. The molecule has 1 aromatic carbocycles. The average molecular weight is 456 g/mol. The lowest BCUT2D eigenvalue weighted by molar-refractivity contribution is -0.118. The zero-order valence-corrected chi connectivity index (χ0v) is 18.8. The number of hydrogen-bond acceptors (Lipinski definition) is 7. The van der Waals surface area contributed by atoms with Crippen molar-refractivity contribution >= 4 is 29.4 Å². The fraction of sp³-hybridized carbons (Fsp3) is 0.364. The largest absolute Gasteiger partial charge is 0.377 e. The normalized spacial score (nSPS) is 15.8. The SMILES string of the molecule is O=C(CSc1ccccn1)NCc1nnc(SCC2CCCO2)n1Cc1ccccc1. The lowest BCUT2D eigenvalue weighted by Gasteiger charge is -2.12. The minimum absolute atomic E-state index is 0.0570. The fourth-order valence-corrected chi connectivity index (χ4v) is 4.94. The number of hydrogen-bond donors (Lipinski definition) is 1. The smallest absolute Gasteiger partial charge is 0.230 e. The molecule has 0 bridgehead atoms.